The van der Waals surface area contributed by atoms with Crippen LogP contribution in [0.15, 0.2) is 101 Å². The van der Waals surface area contributed by atoms with E-state index in [1.807, 2.05) is 77.5 Å². The Morgan fingerprint density at radius 2 is 1.73 bits per heavy atom. The van der Waals surface area contributed by atoms with Crippen LogP contribution in [0.2, 0.25) is 0 Å². The second kappa shape index (κ2) is 7.98. The number of nitrogens with one attached hydrogen (secondary N) is 1. The summed E-state index contributed by atoms with van der Waals surface area (Å²) in [5, 5.41) is 10.6. The van der Waals surface area contributed by atoms with E-state index in [-0.39, 0.29) is 6.04 Å². The second-order valence-corrected chi connectivity index (χ2v) is 8.02. The Morgan fingerprint density at radius 1 is 0.939 bits per heavy atom. The van der Waals surface area contributed by atoms with Crippen molar-refractivity contribution in [2.24, 2.45) is 5.10 Å². The summed E-state index contributed by atoms with van der Waals surface area (Å²) in [4.78, 5) is 0. The van der Waals surface area contributed by atoms with Crippen LogP contribution in [0.25, 0.3) is 28.1 Å². The van der Waals surface area contributed by atoms with E-state index in [1.165, 1.54) is 0 Å². The summed E-state index contributed by atoms with van der Waals surface area (Å²) < 4.78 is 13.4. The molecular formula is C27H22N4O2. The summed E-state index contributed by atoms with van der Waals surface area (Å²) in [5.41, 5.74) is 9.01. The zero-order valence-electron chi connectivity index (χ0n) is 18.1. The van der Waals surface area contributed by atoms with Crippen molar-refractivity contribution in [2.75, 3.05) is 7.11 Å². The van der Waals surface area contributed by atoms with Gasteiger partial charge in [-0.05, 0) is 60.2 Å². The standard InChI is InChI=1S/C27H22N4O2/c1-32-21-13-11-18(12-14-21)22-16-23(29-28-22)24-17-25(31(30-24)20-8-3-2-4-9-20)27-15-19-7-5-6-10-26(19)33-27/h2-15,17,23,29H,16H2,1H3. The fraction of sp³-hybridized carbons (Fsp3) is 0.111. The van der Waals surface area contributed by atoms with E-state index in [1.54, 1.807) is 7.11 Å². The molecule has 162 valence electrons. The van der Waals surface area contributed by atoms with E-state index in [2.05, 4.69) is 28.7 Å². The number of furan rings is 1. The molecule has 0 fully saturated rings. The Bertz CT molecular complexity index is 1420. The number of para-hydroxylation sites is 2. The van der Waals surface area contributed by atoms with Gasteiger partial charge in [0, 0.05) is 11.8 Å². The number of hydrogen-bond acceptors (Lipinski definition) is 5. The third-order valence-electron chi connectivity index (χ3n) is 5.94. The van der Waals surface area contributed by atoms with Gasteiger partial charge in [-0.25, -0.2) is 4.68 Å². The molecule has 0 saturated heterocycles. The minimum Gasteiger partial charge on any atom is -0.497 e. The number of methoxy groups -OCH3 is 1. The number of benzene rings is 3. The van der Waals surface area contributed by atoms with Gasteiger partial charge >= 0.3 is 0 Å². The van der Waals surface area contributed by atoms with Gasteiger partial charge in [-0.15, -0.1) is 0 Å². The molecule has 0 aliphatic carbocycles. The maximum atomic E-state index is 6.18. The molecule has 6 nitrogen and oxygen atoms in total. The average molecular weight is 434 g/mol. The molecule has 33 heavy (non-hydrogen) atoms. The summed E-state index contributed by atoms with van der Waals surface area (Å²) in [6.45, 7) is 0. The van der Waals surface area contributed by atoms with Crippen LogP contribution < -0.4 is 10.2 Å². The molecule has 1 aliphatic heterocycles. The van der Waals surface area contributed by atoms with E-state index < -0.39 is 0 Å². The Morgan fingerprint density at radius 3 is 2.52 bits per heavy atom. The predicted octanol–water partition coefficient (Wildman–Crippen LogP) is 5.73. The van der Waals surface area contributed by atoms with Crippen LogP contribution in [0.5, 0.6) is 5.75 Å². The lowest BCUT2D eigenvalue weighted by atomic mass is 10.0. The summed E-state index contributed by atoms with van der Waals surface area (Å²) in [6.07, 6.45) is 0.748. The molecule has 3 aromatic carbocycles. The molecule has 6 rings (SSSR count). The molecule has 5 aromatic rings. The molecule has 1 N–H and O–H groups in total. The minimum atomic E-state index is -0.0183. The molecule has 1 atom stereocenters. The molecule has 3 heterocycles. The first kappa shape index (κ1) is 19.4. The summed E-state index contributed by atoms with van der Waals surface area (Å²) >= 11 is 0. The fourth-order valence-corrected chi connectivity index (χ4v) is 4.20. The van der Waals surface area contributed by atoms with Crippen LogP contribution in [0.1, 0.15) is 23.7 Å². The van der Waals surface area contributed by atoms with Gasteiger partial charge in [0.05, 0.1) is 30.2 Å². The third-order valence-corrected chi connectivity index (χ3v) is 5.94. The van der Waals surface area contributed by atoms with Gasteiger partial charge in [-0.1, -0.05) is 36.4 Å². The highest BCUT2D eigenvalue weighted by atomic mass is 16.5. The molecular weight excluding hydrogens is 412 g/mol. The summed E-state index contributed by atoms with van der Waals surface area (Å²) in [6, 6.07) is 30.3. The second-order valence-electron chi connectivity index (χ2n) is 8.02. The van der Waals surface area contributed by atoms with Gasteiger partial charge in [0.25, 0.3) is 0 Å². The van der Waals surface area contributed by atoms with Crippen LogP contribution in [-0.2, 0) is 0 Å². The SMILES string of the molecule is COc1ccc(C2=NNC(c3cc(-c4cc5ccccc5o4)n(-c4ccccc4)n3)C2)cc1. The van der Waals surface area contributed by atoms with Crippen molar-refractivity contribution in [3.05, 3.63) is 102 Å². The first-order valence-corrected chi connectivity index (χ1v) is 10.9. The highest BCUT2D eigenvalue weighted by Gasteiger charge is 2.26. The third kappa shape index (κ3) is 3.55. The van der Waals surface area contributed by atoms with E-state index >= 15 is 0 Å². The van der Waals surface area contributed by atoms with Gasteiger partial charge in [0.1, 0.15) is 17.0 Å². The lowest BCUT2D eigenvalue weighted by Crippen LogP contribution is -2.11. The topological polar surface area (TPSA) is 64.6 Å². The van der Waals surface area contributed by atoms with Crippen molar-refractivity contribution < 1.29 is 9.15 Å². The van der Waals surface area contributed by atoms with E-state index in [0.717, 1.165) is 57.3 Å². The average Bonchev–Trinajstić information content (AvgIpc) is 3.62. The monoisotopic (exact) mass is 434 g/mol. The highest BCUT2D eigenvalue weighted by molar-refractivity contribution is 6.01. The molecule has 2 aromatic heterocycles. The number of hydrazone groups is 1. The van der Waals surface area contributed by atoms with Crippen LogP contribution in [0, 0.1) is 0 Å². The quantitative estimate of drug-likeness (QED) is 0.384. The molecule has 0 amide bonds. The van der Waals surface area contributed by atoms with E-state index in [4.69, 9.17) is 14.3 Å². The number of fused-ring (bicyclic) bond motifs is 1. The Balaban J connectivity index is 1.36. The Kier molecular flexibility index (Phi) is 4.69. The molecule has 0 saturated carbocycles. The van der Waals surface area contributed by atoms with Crippen LogP contribution in [0.3, 0.4) is 0 Å². The molecule has 6 heteroatoms. The summed E-state index contributed by atoms with van der Waals surface area (Å²) in [7, 11) is 1.67. The molecule has 1 aliphatic rings. The molecule has 0 bridgehead atoms. The minimum absolute atomic E-state index is 0.0183. The van der Waals surface area contributed by atoms with Crippen molar-refractivity contribution in [3.8, 4) is 22.9 Å². The van der Waals surface area contributed by atoms with Gasteiger partial charge in [0.2, 0.25) is 0 Å². The van der Waals surface area contributed by atoms with Crippen molar-refractivity contribution in [1.29, 1.82) is 0 Å². The maximum absolute atomic E-state index is 6.18. The van der Waals surface area contributed by atoms with E-state index in [9.17, 15) is 0 Å². The first-order valence-electron chi connectivity index (χ1n) is 10.9. The number of nitrogens with zero attached hydrogens (tertiary/aromatic N) is 3. The normalized spacial score (nSPS) is 15.4. The van der Waals surface area contributed by atoms with Gasteiger partial charge < -0.3 is 14.6 Å². The smallest absolute Gasteiger partial charge is 0.153 e. The fourth-order valence-electron chi connectivity index (χ4n) is 4.20. The van der Waals surface area contributed by atoms with Crippen LogP contribution in [0.4, 0.5) is 0 Å². The molecule has 0 radical (unpaired) electrons. The highest BCUT2D eigenvalue weighted by Crippen LogP contribution is 2.33. The Hall–Kier alpha value is -4.32. The largest absolute Gasteiger partial charge is 0.497 e. The zero-order valence-corrected chi connectivity index (χ0v) is 18.1. The number of aromatic nitrogens is 2. The summed E-state index contributed by atoms with van der Waals surface area (Å²) in [5.74, 6) is 1.62. The molecule has 0 spiro atoms. The van der Waals surface area contributed by atoms with Crippen molar-refractivity contribution in [2.45, 2.75) is 12.5 Å². The predicted molar refractivity (Wildman–Crippen MR) is 129 cm³/mol. The number of hydrogen-bond donors (Lipinski definition) is 1. The van der Waals surface area contributed by atoms with Crippen molar-refractivity contribution in [1.82, 2.24) is 15.2 Å². The van der Waals surface area contributed by atoms with Crippen LogP contribution >= 0.6 is 0 Å². The first-order chi connectivity index (χ1) is 16.3. The zero-order chi connectivity index (χ0) is 22.2. The van der Waals surface area contributed by atoms with Crippen molar-refractivity contribution >= 4 is 16.7 Å². The van der Waals surface area contributed by atoms with Crippen LogP contribution in [-0.4, -0.2) is 22.6 Å². The molecule has 1 unspecified atom stereocenters. The maximum Gasteiger partial charge on any atom is 0.153 e. The van der Waals surface area contributed by atoms with E-state index in [0.29, 0.717) is 0 Å². The number of ether oxygens (including phenoxy) is 1. The Labute approximate surface area is 191 Å². The van der Waals surface area contributed by atoms with Gasteiger partial charge in [-0.3, -0.25) is 0 Å². The lowest BCUT2D eigenvalue weighted by Gasteiger charge is -2.07. The van der Waals surface area contributed by atoms with Crippen molar-refractivity contribution in [3.63, 3.8) is 0 Å². The van der Waals surface area contributed by atoms with Gasteiger partial charge in [0.15, 0.2) is 5.76 Å². The van der Waals surface area contributed by atoms with Gasteiger partial charge in [-0.2, -0.15) is 10.2 Å². The number of rotatable bonds is 5. The lowest BCUT2D eigenvalue weighted by molar-refractivity contribution is 0.415.